The summed E-state index contributed by atoms with van der Waals surface area (Å²) in [6, 6.07) is 0. The van der Waals surface area contributed by atoms with Gasteiger partial charge in [0.2, 0.25) is 0 Å². The summed E-state index contributed by atoms with van der Waals surface area (Å²) >= 11 is 0. The van der Waals surface area contributed by atoms with E-state index in [1.807, 2.05) is 0 Å². The molecule has 0 spiro atoms. The van der Waals surface area contributed by atoms with Crippen molar-refractivity contribution in [2.45, 2.75) is 32.2 Å². The van der Waals surface area contributed by atoms with Crippen molar-refractivity contribution in [3.05, 3.63) is 0 Å². The number of nitrogens with one attached hydrogen (secondary N) is 1. The highest BCUT2D eigenvalue weighted by Crippen LogP contribution is 2.13. The second-order valence-corrected chi connectivity index (χ2v) is 3.41. The second-order valence-electron chi connectivity index (χ2n) is 3.41. The first-order chi connectivity index (χ1) is 6.74. The van der Waals surface area contributed by atoms with Gasteiger partial charge in [0, 0.05) is 12.1 Å². The van der Waals surface area contributed by atoms with Gasteiger partial charge in [-0.2, -0.15) is 0 Å². The Kier molecular flexibility index (Phi) is 8.08. The molecule has 0 aliphatic rings. The van der Waals surface area contributed by atoms with E-state index in [0.717, 1.165) is 12.8 Å². The minimum atomic E-state index is -0.164. The first-order valence-electron chi connectivity index (χ1n) is 5.29. The molecule has 0 bridgehead atoms. The van der Waals surface area contributed by atoms with Crippen LogP contribution in [0.25, 0.3) is 0 Å². The van der Waals surface area contributed by atoms with Gasteiger partial charge < -0.3 is 20.3 Å². The zero-order valence-electron chi connectivity index (χ0n) is 9.25. The van der Waals surface area contributed by atoms with Crippen LogP contribution in [-0.2, 0) is 4.74 Å². The smallest absolute Gasteiger partial charge is 0.0698 e. The van der Waals surface area contributed by atoms with Crippen LogP contribution in [0.3, 0.4) is 0 Å². The van der Waals surface area contributed by atoms with Crippen molar-refractivity contribution in [1.82, 2.24) is 5.32 Å². The lowest BCUT2D eigenvalue weighted by Gasteiger charge is -2.30. The van der Waals surface area contributed by atoms with E-state index in [-0.39, 0.29) is 18.8 Å². The Morgan fingerprint density at radius 2 is 1.79 bits per heavy atom. The molecule has 4 nitrogen and oxygen atoms in total. The van der Waals surface area contributed by atoms with E-state index in [1.54, 1.807) is 0 Å². The summed E-state index contributed by atoms with van der Waals surface area (Å²) in [7, 11) is 0. The molecule has 0 aromatic heterocycles. The first-order valence-corrected chi connectivity index (χ1v) is 5.29. The molecule has 0 aromatic rings. The molecule has 0 saturated heterocycles. The molecule has 86 valence electrons. The minimum absolute atomic E-state index is 0.0622. The molecule has 0 heterocycles. The summed E-state index contributed by atoms with van der Waals surface area (Å²) < 4.78 is 5.12. The van der Waals surface area contributed by atoms with E-state index >= 15 is 0 Å². The summed E-state index contributed by atoms with van der Waals surface area (Å²) in [5.41, 5.74) is -0.164. The molecule has 0 atom stereocenters. The third-order valence-electron chi connectivity index (χ3n) is 2.64. The maximum atomic E-state index is 9.24. The highest BCUT2D eigenvalue weighted by Gasteiger charge is 2.23. The number of hydrogen-bond acceptors (Lipinski definition) is 4. The van der Waals surface area contributed by atoms with Crippen LogP contribution >= 0.6 is 0 Å². The number of hydrogen-bond donors (Lipinski definition) is 3. The Morgan fingerprint density at radius 1 is 1.14 bits per heavy atom. The zero-order valence-corrected chi connectivity index (χ0v) is 9.25. The molecule has 0 radical (unpaired) electrons. The molecule has 0 aromatic carbocycles. The second kappa shape index (κ2) is 8.17. The maximum absolute atomic E-state index is 9.24. The van der Waals surface area contributed by atoms with Gasteiger partial charge in [-0.25, -0.2) is 0 Å². The van der Waals surface area contributed by atoms with Gasteiger partial charge in [0.1, 0.15) is 0 Å². The zero-order chi connectivity index (χ0) is 10.9. The van der Waals surface area contributed by atoms with Crippen molar-refractivity contribution in [2.75, 3.05) is 33.0 Å². The van der Waals surface area contributed by atoms with Gasteiger partial charge in [0.25, 0.3) is 0 Å². The van der Waals surface area contributed by atoms with Crippen LogP contribution in [0.15, 0.2) is 0 Å². The Hall–Kier alpha value is -0.160. The first kappa shape index (κ1) is 13.8. The van der Waals surface area contributed by atoms with Gasteiger partial charge in [0.15, 0.2) is 0 Å². The van der Waals surface area contributed by atoms with E-state index in [9.17, 15) is 5.11 Å². The molecule has 3 N–H and O–H groups in total. The Balaban J connectivity index is 3.61. The highest BCUT2D eigenvalue weighted by molar-refractivity contribution is 4.84. The maximum Gasteiger partial charge on any atom is 0.0698 e. The van der Waals surface area contributed by atoms with Gasteiger partial charge >= 0.3 is 0 Å². The molecule has 0 rings (SSSR count). The number of rotatable bonds is 9. The Labute approximate surface area is 86.3 Å². The van der Waals surface area contributed by atoms with Crippen molar-refractivity contribution < 1.29 is 14.9 Å². The van der Waals surface area contributed by atoms with Crippen LogP contribution in [0.4, 0.5) is 0 Å². The third-order valence-corrected chi connectivity index (χ3v) is 2.64. The van der Waals surface area contributed by atoms with Crippen molar-refractivity contribution >= 4 is 0 Å². The van der Waals surface area contributed by atoms with Crippen LogP contribution in [0.2, 0.25) is 0 Å². The van der Waals surface area contributed by atoms with Crippen molar-refractivity contribution in [3.8, 4) is 0 Å². The number of aliphatic hydroxyl groups is 2. The van der Waals surface area contributed by atoms with Crippen molar-refractivity contribution in [3.63, 3.8) is 0 Å². The number of ether oxygens (including phenoxy) is 1. The molecule has 14 heavy (non-hydrogen) atoms. The van der Waals surface area contributed by atoms with Gasteiger partial charge in [-0.1, -0.05) is 13.8 Å². The lowest BCUT2D eigenvalue weighted by molar-refractivity contribution is 0.0812. The van der Waals surface area contributed by atoms with Crippen LogP contribution < -0.4 is 5.32 Å². The molecular weight excluding hydrogens is 182 g/mol. The number of aliphatic hydroxyl groups excluding tert-OH is 2. The third kappa shape index (κ3) is 4.91. The molecule has 0 saturated carbocycles. The van der Waals surface area contributed by atoms with E-state index in [2.05, 4.69) is 19.2 Å². The van der Waals surface area contributed by atoms with E-state index < -0.39 is 0 Å². The van der Waals surface area contributed by atoms with Crippen LogP contribution in [0.1, 0.15) is 26.7 Å². The average molecular weight is 205 g/mol. The highest BCUT2D eigenvalue weighted by atomic mass is 16.5. The van der Waals surface area contributed by atoms with Gasteiger partial charge in [-0.05, 0) is 12.8 Å². The summed E-state index contributed by atoms with van der Waals surface area (Å²) in [6.07, 6.45) is 1.81. The SMILES string of the molecule is CCC(CC)(CO)NCCOCCO. The fourth-order valence-corrected chi connectivity index (χ4v) is 1.33. The lowest BCUT2D eigenvalue weighted by atomic mass is 9.94. The van der Waals surface area contributed by atoms with Gasteiger partial charge in [-0.15, -0.1) is 0 Å². The summed E-state index contributed by atoms with van der Waals surface area (Å²) in [5, 5.41) is 21.0. The van der Waals surface area contributed by atoms with Gasteiger partial charge in [-0.3, -0.25) is 0 Å². The normalized spacial score (nSPS) is 12.0. The molecule has 0 fully saturated rings. The topological polar surface area (TPSA) is 61.7 Å². The molecule has 0 unspecified atom stereocenters. The van der Waals surface area contributed by atoms with Crippen LogP contribution in [0, 0.1) is 0 Å². The van der Waals surface area contributed by atoms with Crippen molar-refractivity contribution in [1.29, 1.82) is 0 Å². The fourth-order valence-electron chi connectivity index (χ4n) is 1.33. The molecule has 0 aliphatic heterocycles. The van der Waals surface area contributed by atoms with E-state index in [4.69, 9.17) is 9.84 Å². The molecule has 0 aliphatic carbocycles. The summed E-state index contributed by atoms with van der Waals surface area (Å²) in [5.74, 6) is 0. The average Bonchev–Trinajstić information content (AvgIpc) is 2.24. The largest absolute Gasteiger partial charge is 0.394 e. The fraction of sp³-hybridized carbons (Fsp3) is 1.00. The predicted molar refractivity (Wildman–Crippen MR) is 56.3 cm³/mol. The van der Waals surface area contributed by atoms with Crippen LogP contribution in [-0.4, -0.2) is 48.7 Å². The molecule has 4 heteroatoms. The molecule has 0 amide bonds. The van der Waals surface area contributed by atoms with Crippen LogP contribution in [0.5, 0.6) is 0 Å². The summed E-state index contributed by atoms with van der Waals surface area (Å²) in [4.78, 5) is 0. The summed E-state index contributed by atoms with van der Waals surface area (Å²) in [6.45, 7) is 5.99. The minimum Gasteiger partial charge on any atom is -0.394 e. The van der Waals surface area contributed by atoms with Crippen molar-refractivity contribution in [2.24, 2.45) is 0 Å². The predicted octanol–water partition coefficient (Wildman–Crippen LogP) is 0.136. The van der Waals surface area contributed by atoms with E-state index in [1.165, 1.54) is 0 Å². The Morgan fingerprint density at radius 3 is 2.21 bits per heavy atom. The quantitative estimate of drug-likeness (QED) is 0.468. The van der Waals surface area contributed by atoms with E-state index in [0.29, 0.717) is 19.8 Å². The standard InChI is InChI=1S/C10H23NO3/c1-3-10(4-2,9-13)11-5-7-14-8-6-12/h11-13H,3-9H2,1-2H3. The lowest BCUT2D eigenvalue weighted by Crippen LogP contribution is -2.48. The molecular formula is C10H23NO3. The van der Waals surface area contributed by atoms with Gasteiger partial charge in [0.05, 0.1) is 26.4 Å². The Bertz CT molecular complexity index is 118. The monoisotopic (exact) mass is 205 g/mol.